The van der Waals surface area contributed by atoms with Crippen LogP contribution < -0.4 is 5.32 Å². The van der Waals surface area contributed by atoms with Crippen LogP contribution >= 0.6 is 0 Å². The summed E-state index contributed by atoms with van der Waals surface area (Å²) in [7, 11) is 0. The molecule has 0 atom stereocenters. The zero-order valence-corrected chi connectivity index (χ0v) is 16.5. The third-order valence-electron chi connectivity index (χ3n) is 4.41. The Morgan fingerprint density at radius 2 is 2.04 bits per heavy atom. The number of carbonyl (C=O) groups excluding carboxylic acids is 1. The molecule has 0 saturated carbocycles. The minimum Gasteiger partial charge on any atom is -0.444 e. The van der Waals surface area contributed by atoms with Crippen molar-refractivity contribution in [2.75, 3.05) is 11.9 Å². The van der Waals surface area contributed by atoms with Crippen LogP contribution in [0.4, 0.5) is 22.0 Å². The SMILES string of the molecule is Cc1cc(Nc2cc3c(cn2)CCN(C(=O)OC(C)(C)C)C3)ccc1[N+](=O)[O-]. The highest BCUT2D eigenvalue weighted by molar-refractivity contribution is 5.69. The molecule has 1 aliphatic heterocycles. The normalized spacial score (nSPS) is 13.6. The topological polar surface area (TPSA) is 97.6 Å². The third-order valence-corrected chi connectivity index (χ3v) is 4.41. The number of nitrogens with one attached hydrogen (secondary N) is 1. The molecule has 1 aromatic heterocycles. The molecule has 8 heteroatoms. The maximum atomic E-state index is 12.3. The van der Waals surface area contributed by atoms with Crippen molar-refractivity contribution in [2.45, 2.75) is 46.3 Å². The van der Waals surface area contributed by atoms with E-state index >= 15 is 0 Å². The van der Waals surface area contributed by atoms with Crippen LogP contribution in [0.2, 0.25) is 0 Å². The van der Waals surface area contributed by atoms with Gasteiger partial charge in [-0.05, 0) is 63.4 Å². The van der Waals surface area contributed by atoms with Crippen molar-refractivity contribution in [1.29, 1.82) is 0 Å². The van der Waals surface area contributed by atoms with Gasteiger partial charge in [0, 0.05) is 36.6 Å². The van der Waals surface area contributed by atoms with Gasteiger partial charge in [0.1, 0.15) is 11.4 Å². The van der Waals surface area contributed by atoms with E-state index in [0.717, 1.165) is 23.2 Å². The van der Waals surface area contributed by atoms with Gasteiger partial charge in [0.15, 0.2) is 0 Å². The van der Waals surface area contributed by atoms with E-state index < -0.39 is 10.5 Å². The number of nitro benzene ring substituents is 1. The summed E-state index contributed by atoms with van der Waals surface area (Å²) in [6, 6.07) is 6.74. The highest BCUT2D eigenvalue weighted by atomic mass is 16.6. The Bertz CT molecular complexity index is 921. The molecule has 0 fully saturated rings. The van der Waals surface area contributed by atoms with Crippen LogP contribution in [-0.2, 0) is 17.7 Å². The largest absolute Gasteiger partial charge is 0.444 e. The number of amides is 1. The van der Waals surface area contributed by atoms with E-state index in [0.29, 0.717) is 24.5 Å². The van der Waals surface area contributed by atoms with Crippen molar-refractivity contribution in [3.05, 3.63) is 57.3 Å². The van der Waals surface area contributed by atoms with Crippen LogP contribution in [0.1, 0.15) is 37.5 Å². The van der Waals surface area contributed by atoms with Gasteiger partial charge in [-0.1, -0.05) is 0 Å². The summed E-state index contributed by atoms with van der Waals surface area (Å²) < 4.78 is 5.46. The van der Waals surface area contributed by atoms with Crippen LogP contribution in [0.5, 0.6) is 0 Å². The summed E-state index contributed by atoms with van der Waals surface area (Å²) in [5, 5.41) is 14.1. The highest BCUT2D eigenvalue weighted by Crippen LogP contribution is 2.26. The van der Waals surface area contributed by atoms with Gasteiger partial charge in [-0.15, -0.1) is 0 Å². The molecule has 2 heterocycles. The number of benzene rings is 1. The quantitative estimate of drug-likeness (QED) is 0.625. The lowest BCUT2D eigenvalue weighted by atomic mass is 10.0. The van der Waals surface area contributed by atoms with Gasteiger partial charge in [0.2, 0.25) is 0 Å². The average Bonchev–Trinajstić information content (AvgIpc) is 2.59. The Balaban J connectivity index is 1.75. The maximum Gasteiger partial charge on any atom is 0.410 e. The van der Waals surface area contributed by atoms with Crippen molar-refractivity contribution in [3.63, 3.8) is 0 Å². The van der Waals surface area contributed by atoms with Crippen molar-refractivity contribution >= 4 is 23.3 Å². The van der Waals surface area contributed by atoms with E-state index in [-0.39, 0.29) is 11.8 Å². The first-order valence-corrected chi connectivity index (χ1v) is 9.10. The van der Waals surface area contributed by atoms with E-state index in [1.807, 2.05) is 33.0 Å². The number of nitrogens with zero attached hydrogens (tertiary/aromatic N) is 3. The fourth-order valence-corrected chi connectivity index (χ4v) is 3.07. The summed E-state index contributed by atoms with van der Waals surface area (Å²) in [6.07, 6.45) is 2.20. The molecule has 1 aliphatic rings. The number of carbonyl (C=O) groups is 1. The first-order chi connectivity index (χ1) is 13.1. The number of nitro groups is 1. The van der Waals surface area contributed by atoms with Crippen LogP contribution in [0.25, 0.3) is 0 Å². The first-order valence-electron chi connectivity index (χ1n) is 9.10. The number of aromatic nitrogens is 1. The number of hydrogen-bond acceptors (Lipinski definition) is 6. The number of fused-ring (bicyclic) bond motifs is 1. The van der Waals surface area contributed by atoms with Crippen LogP contribution in [0.3, 0.4) is 0 Å². The van der Waals surface area contributed by atoms with Crippen molar-refractivity contribution < 1.29 is 14.5 Å². The molecule has 148 valence electrons. The fourth-order valence-electron chi connectivity index (χ4n) is 3.07. The Kier molecular flexibility index (Phi) is 5.22. The molecular formula is C20H24N4O4. The van der Waals surface area contributed by atoms with Gasteiger partial charge >= 0.3 is 6.09 Å². The minimum absolute atomic E-state index is 0.0805. The minimum atomic E-state index is -0.532. The maximum absolute atomic E-state index is 12.3. The molecule has 0 unspecified atom stereocenters. The zero-order valence-electron chi connectivity index (χ0n) is 16.5. The number of rotatable bonds is 3. The van der Waals surface area contributed by atoms with Gasteiger partial charge < -0.3 is 15.0 Å². The summed E-state index contributed by atoms with van der Waals surface area (Å²) >= 11 is 0. The second-order valence-corrected chi connectivity index (χ2v) is 7.87. The van der Waals surface area contributed by atoms with E-state index in [1.165, 1.54) is 6.07 Å². The molecule has 3 rings (SSSR count). The summed E-state index contributed by atoms with van der Waals surface area (Å²) in [4.78, 5) is 29.0. The molecule has 8 nitrogen and oxygen atoms in total. The van der Waals surface area contributed by atoms with Gasteiger partial charge in [-0.25, -0.2) is 9.78 Å². The van der Waals surface area contributed by atoms with E-state index in [9.17, 15) is 14.9 Å². The number of ether oxygens (including phenoxy) is 1. The molecule has 0 bridgehead atoms. The molecule has 0 saturated heterocycles. The molecule has 0 aliphatic carbocycles. The first kappa shape index (κ1) is 19.6. The number of aryl methyl sites for hydroxylation is 1. The van der Waals surface area contributed by atoms with E-state index in [1.54, 1.807) is 24.0 Å². The van der Waals surface area contributed by atoms with Gasteiger partial charge in [0.25, 0.3) is 5.69 Å². The predicted molar refractivity (Wildman–Crippen MR) is 106 cm³/mol. The standard InChI is InChI=1S/C20H24N4O4/c1-13-9-16(5-6-17(13)24(26)27)22-18-10-15-12-23(8-7-14(15)11-21-18)19(25)28-20(2,3)4/h5-6,9-11H,7-8,12H2,1-4H3,(H,21,22). The monoisotopic (exact) mass is 384 g/mol. The van der Waals surface area contributed by atoms with Gasteiger partial charge in [-0.2, -0.15) is 0 Å². The second kappa shape index (κ2) is 7.46. The lowest BCUT2D eigenvalue weighted by Crippen LogP contribution is -2.39. The Hall–Kier alpha value is -3.16. The zero-order chi connectivity index (χ0) is 20.5. The lowest BCUT2D eigenvalue weighted by Gasteiger charge is -2.31. The van der Waals surface area contributed by atoms with Crippen LogP contribution in [-0.4, -0.2) is 33.0 Å². The molecule has 1 amide bonds. The van der Waals surface area contributed by atoms with Gasteiger partial charge in [0.05, 0.1) is 4.92 Å². The van der Waals surface area contributed by atoms with Crippen LogP contribution in [0.15, 0.2) is 30.5 Å². The number of hydrogen-bond donors (Lipinski definition) is 1. The van der Waals surface area contributed by atoms with Gasteiger partial charge in [-0.3, -0.25) is 10.1 Å². The summed E-state index contributed by atoms with van der Waals surface area (Å²) in [6.45, 7) is 8.30. The average molecular weight is 384 g/mol. The summed E-state index contributed by atoms with van der Waals surface area (Å²) in [5.74, 6) is 0.623. The highest BCUT2D eigenvalue weighted by Gasteiger charge is 2.26. The van der Waals surface area contributed by atoms with Crippen LogP contribution in [0, 0.1) is 17.0 Å². The Morgan fingerprint density at radius 3 is 2.68 bits per heavy atom. The number of anilines is 2. The molecule has 1 N–H and O–H groups in total. The molecular weight excluding hydrogens is 360 g/mol. The Morgan fingerprint density at radius 1 is 1.29 bits per heavy atom. The third kappa shape index (κ3) is 4.57. The van der Waals surface area contributed by atoms with E-state index in [2.05, 4.69) is 10.3 Å². The van der Waals surface area contributed by atoms with Crippen molar-refractivity contribution in [2.24, 2.45) is 0 Å². The Labute approximate surface area is 163 Å². The van der Waals surface area contributed by atoms with E-state index in [4.69, 9.17) is 4.74 Å². The molecule has 0 spiro atoms. The van der Waals surface area contributed by atoms with Crippen molar-refractivity contribution in [3.8, 4) is 0 Å². The van der Waals surface area contributed by atoms with Crippen molar-refractivity contribution in [1.82, 2.24) is 9.88 Å². The second-order valence-electron chi connectivity index (χ2n) is 7.87. The lowest BCUT2D eigenvalue weighted by molar-refractivity contribution is -0.385. The smallest absolute Gasteiger partial charge is 0.410 e. The molecule has 1 aromatic carbocycles. The fraction of sp³-hybridized carbons (Fsp3) is 0.400. The molecule has 0 radical (unpaired) electrons. The molecule has 28 heavy (non-hydrogen) atoms. The number of pyridine rings is 1. The molecule has 2 aromatic rings. The predicted octanol–water partition coefficient (Wildman–Crippen LogP) is 4.34. The summed E-state index contributed by atoms with van der Waals surface area (Å²) in [5.41, 5.74) is 2.95.